The highest BCUT2D eigenvalue weighted by Crippen LogP contribution is 2.36. The monoisotopic (exact) mass is 325 g/mol. The van der Waals surface area contributed by atoms with Gasteiger partial charge in [-0.1, -0.05) is 52.3 Å². The van der Waals surface area contributed by atoms with Crippen LogP contribution in [0.15, 0.2) is 29.2 Å². The summed E-state index contributed by atoms with van der Waals surface area (Å²) in [6, 6.07) is 6.45. The van der Waals surface area contributed by atoms with Gasteiger partial charge in [0.1, 0.15) is 0 Å². The van der Waals surface area contributed by atoms with E-state index in [-0.39, 0.29) is 10.3 Å². The molecule has 1 N–H and O–H groups in total. The Balaban J connectivity index is 3.01. The minimum atomic E-state index is -3.82. The molecule has 0 fully saturated rings. The van der Waals surface area contributed by atoms with Crippen molar-refractivity contribution in [3.63, 3.8) is 0 Å². The van der Waals surface area contributed by atoms with Crippen LogP contribution >= 0.6 is 0 Å². The molecule has 0 aromatic heterocycles. The van der Waals surface area contributed by atoms with Crippen LogP contribution in [0.25, 0.3) is 0 Å². The van der Waals surface area contributed by atoms with E-state index in [1.807, 2.05) is 41.5 Å². The SMILES string of the molecule is CCC(C)(CC(C)(C)C)C(=O)NS(=O)(=O)c1ccc(C)cc1. The second kappa shape index (κ2) is 6.41. The summed E-state index contributed by atoms with van der Waals surface area (Å²) in [5.74, 6) is -0.439. The smallest absolute Gasteiger partial charge is 0.264 e. The first kappa shape index (κ1) is 18.7. The first-order chi connectivity index (χ1) is 9.89. The zero-order chi connectivity index (χ0) is 17.2. The Morgan fingerprint density at radius 3 is 2.00 bits per heavy atom. The molecule has 1 aromatic rings. The van der Waals surface area contributed by atoms with Crippen LogP contribution in [0.5, 0.6) is 0 Å². The lowest BCUT2D eigenvalue weighted by Crippen LogP contribution is -2.43. The molecule has 1 rings (SSSR count). The number of benzene rings is 1. The molecule has 0 saturated heterocycles. The molecule has 0 radical (unpaired) electrons. The number of hydrogen-bond acceptors (Lipinski definition) is 3. The highest BCUT2D eigenvalue weighted by atomic mass is 32.2. The normalized spacial score (nSPS) is 15.2. The number of amides is 1. The number of aryl methyl sites for hydroxylation is 1. The van der Waals surface area contributed by atoms with E-state index in [0.717, 1.165) is 5.56 Å². The van der Waals surface area contributed by atoms with Gasteiger partial charge in [0.15, 0.2) is 0 Å². The zero-order valence-electron chi connectivity index (χ0n) is 14.4. The third-order valence-electron chi connectivity index (χ3n) is 3.81. The largest absolute Gasteiger partial charge is 0.273 e. The Bertz CT molecular complexity index is 627. The molecule has 5 heteroatoms. The van der Waals surface area contributed by atoms with Crippen molar-refractivity contribution >= 4 is 15.9 Å². The van der Waals surface area contributed by atoms with Crippen molar-refractivity contribution in [1.29, 1.82) is 0 Å². The minimum absolute atomic E-state index is 0.0598. The maximum atomic E-state index is 12.5. The van der Waals surface area contributed by atoms with Gasteiger partial charge in [-0.2, -0.15) is 0 Å². The van der Waals surface area contributed by atoms with Crippen molar-refractivity contribution in [2.45, 2.75) is 59.3 Å². The van der Waals surface area contributed by atoms with E-state index in [1.54, 1.807) is 12.1 Å². The van der Waals surface area contributed by atoms with Gasteiger partial charge in [0.2, 0.25) is 5.91 Å². The van der Waals surface area contributed by atoms with Crippen molar-refractivity contribution in [3.05, 3.63) is 29.8 Å². The van der Waals surface area contributed by atoms with E-state index in [1.165, 1.54) is 12.1 Å². The molecule has 0 bridgehead atoms. The molecule has 1 unspecified atom stereocenters. The molecule has 0 saturated carbocycles. The third kappa shape index (κ3) is 4.83. The number of nitrogens with one attached hydrogen (secondary N) is 1. The molecule has 0 aliphatic carbocycles. The van der Waals surface area contributed by atoms with E-state index < -0.39 is 21.3 Å². The Hall–Kier alpha value is -1.36. The second-order valence-corrected chi connectivity index (χ2v) is 9.08. The van der Waals surface area contributed by atoms with Crippen molar-refractivity contribution in [1.82, 2.24) is 4.72 Å². The Kier molecular flexibility index (Phi) is 5.44. The fourth-order valence-electron chi connectivity index (χ4n) is 2.56. The lowest BCUT2D eigenvalue weighted by molar-refractivity contribution is -0.130. The molecule has 1 aromatic carbocycles. The van der Waals surface area contributed by atoms with Crippen LogP contribution in [0, 0.1) is 17.8 Å². The zero-order valence-corrected chi connectivity index (χ0v) is 15.2. The summed E-state index contributed by atoms with van der Waals surface area (Å²) in [4.78, 5) is 12.7. The van der Waals surface area contributed by atoms with Crippen molar-refractivity contribution in [3.8, 4) is 0 Å². The van der Waals surface area contributed by atoms with E-state index in [2.05, 4.69) is 4.72 Å². The van der Waals surface area contributed by atoms with Gasteiger partial charge in [-0.05, 0) is 37.3 Å². The van der Waals surface area contributed by atoms with Gasteiger partial charge in [0.25, 0.3) is 10.0 Å². The predicted molar refractivity (Wildman–Crippen MR) is 89.0 cm³/mol. The van der Waals surface area contributed by atoms with Crippen molar-refractivity contribution in [2.24, 2.45) is 10.8 Å². The maximum absolute atomic E-state index is 12.5. The summed E-state index contributed by atoms with van der Waals surface area (Å²) in [6.07, 6.45) is 1.20. The number of hydrogen-bond donors (Lipinski definition) is 1. The van der Waals surface area contributed by atoms with Gasteiger partial charge in [0.05, 0.1) is 4.90 Å². The average Bonchev–Trinajstić information content (AvgIpc) is 2.36. The molecule has 1 atom stereocenters. The molecule has 4 nitrogen and oxygen atoms in total. The summed E-state index contributed by atoms with van der Waals surface area (Å²) in [5.41, 5.74) is 0.197. The van der Waals surface area contributed by atoms with Crippen LogP contribution in [0.3, 0.4) is 0 Å². The summed E-state index contributed by atoms with van der Waals surface area (Å²) < 4.78 is 26.9. The molecule has 1 amide bonds. The fourth-order valence-corrected chi connectivity index (χ4v) is 3.66. The number of rotatable bonds is 5. The van der Waals surface area contributed by atoms with Gasteiger partial charge < -0.3 is 0 Å². The highest BCUT2D eigenvalue weighted by Gasteiger charge is 2.37. The van der Waals surface area contributed by atoms with Gasteiger partial charge in [-0.25, -0.2) is 13.1 Å². The number of carbonyl (C=O) groups excluding carboxylic acids is 1. The Morgan fingerprint density at radius 2 is 1.59 bits per heavy atom. The van der Waals surface area contributed by atoms with Gasteiger partial charge >= 0.3 is 0 Å². The molecule has 124 valence electrons. The van der Waals surface area contributed by atoms with Gasteiger partial charge in [-0.3, -0.25) is 4.79 Å². The summed E-state index contributed by atoms with van der Waals surface area (Å²) in [7, 11) is -3.82. The lowest BCUT2D eigenvalue weighted by Gasteiger charge is -2.33. The summed E-state index contributed by atoms with van der Waals surface area (Å²) in [6.45, 7) is 11.7. The first-order valence-corrected chi connectivity index (χ1v) is 9.02. The van der Waals surface area contributed by atoms with E-state index in [0.29, 0.717) is 12.8 Å². The maximum Gasteiger partial charge on any atom is 0.264 e. The molecular formula is C17H27NO3S. The summed E-state index contributed by atoms with van der Waals surface area (Å²) in [5, 5.41) is 0. The highest BCUT2D eigenvalue weighted by molar-refractivity contribution is 7.90. The fraction of sp³-hybridized carbons (Fsp3) is 0.588. The molecule has 0 heterocycles. The average molecular weight is 325 g/mol. The number of sulfonamides is 1. The van der Waals surface area contributed by atoms with Crippen LogP contribution < -0.4 is 4.72 Å². The van der Waals surface area contributed by atoms with E-state index >= 15 is 0 Å². The Labute approximate surface area is 134 Å². The van der Waals surface area contributed by atoms with Crippen LogP contribution in [-0.4, -0.2) is 14.3 Å². The standard InChI is InChI=1S/C17H27NO3S/c1-7-17(6,12-16(3,4)5)15(19)18-22(20,21)14-10-8-13(2)9-11-14/h8-11H,7,12H2,1-6H3,(H,18,19). The van der Waals surface area contributed by atoms with E-state index in [9.17, 15) is 13.2 Å². The van der Waals surface area contributed by atoms with Crippen LogP contribution in [0.1, 0.15) is 53.0 Å². The first-order valence-electron chi connectivity index (χ1n) is 7.53. The molecular weight excluding hydrogens is 298 g/mol. The predicted octanol–water partition coefficient (Wildman–Crippen LogP) is 3.65. The molecule has 0 aliphatic rings. The van der Waals surface area contributed by atoms with Crippen molar-refractivity contribution < 1.29 is 13.2 Å². The van der Waals surface area contributed by atoms with Crippen molar-refractivity contribution in [2.75, 3.05) is 0 Å². The molecule has 0 spiro atoms. The van der Waals surface area contributed by atoms with E-state index in [4.69, 9.17) is 0 Å². The number of carbonyl (C=O) groups is 1. The van der Waals surface area contributed by atoms with Crippen LogP contribution in [0.2, 0.25) is 0 Å². The minimum Gasteiger partial charge on any atom is -0.273 e. The van der Waals surface area contributed by atoms with Gasteiger partial charge in [0, 0.05) is 5.41 Å². The second-order valence-electron chi connectivity index (χ2n) is 7.40. The summed E-state index contributed by atoms with van der Waals surface area (Å²) >= 11 is 0. The lowest BCUT2D eigenvalue weighted by atomic mass is 9.73. The quantitative estimate of drug-likeness (QED) is 0.898. The molecule has 22 heavy (non-hydrogen) atoms. The van der Waals surface area contributed by atoms with Crippen LogP contribution in [0.4, 0.5) is 0 Å². The Morgan fingerprint density at radius 1 is 1.09 bits per heavy atom. The molecule has 0 aliphatic heterocycles. The van der Waals surface area contributed by atoms with Gasteiger partial charge in [-0.15, -0.1) is 0 Å². The van der Waals surface area contributed by atoms with Crippen LogP contribution in [-0.2, 0) is 14.8 Å². The third-order valence-corrected chi connectivity index (χ3v) is 5.15. The topological polar surface area (TPSA) is 63.2 Å².